The molecule has 0 bridgehead atoms. The number of nitrogens with zero attached hydrogens (tertiary/aromatic N) is 1. The molecule has 1 N–H and O–H groups in total. The molecule has 17 heavy (non-hydrogen) atoms. The van der Waals surface area contributed by atoms with Gasteiger partial charge in [0.05, 0.1) is 5.92 Å². The van der Waals surface area contributed by atoms with E-state index in [1.54, 1.807) is 24.5 Å². The maximum Gasteiger partial charge on any atom is 0.310 e. The highest BCUT2D eigenvalue weighted by Gasteiger charge is 2.15. The standard InChI is InChI=1S/C13H13NO2S/c1-8-7-10(9(2)13(15)16)3-4-11(8)12-14-5-6-17-12/h3-7,9H,1-2H3,(H,15,16). The van der Waals surface area contributed by atoms with Crippen LogP contribution >= 0.6 is 11.3 Å². The quantitative estimate of drug-likeness (QED) is 0.905. The summed E-state index contributed by atoms with van der Waals surface area (Å²) in [6, 6.07) is 5.74. The summed E-state index contributed by atoms with van der Waals surface area (Å²) in [4.78, 5) is 15.2. The molecular formula is C13H13NO2S. The first-order chi connectivity index (χ1) is 8.09. The van der Waals surface area contributed by atoms with Gasteiger partial charge in [-0.3, -0.25) is 4.79 Å². The van der Waals surface area contributed by atoms with E-state index in [0.29, 0.717) is 0 Å². The van der Waals surface area contributed by atoms with Crippen molar-refractivity contribution in [1.82, 2.24) is 4.98 Å². The normalized spacial score (nSPS) is 12.4. The molecule has 0 fully saturated rings. The molecule has 2 rings (SSSR count). The van der Waals surface area contributed by atoms with Gasteiger partial charge < -0.3 is 5.11 Å². The fourth-order valence-corrected chi connectivity index (χ4v) is 2.42. The number of carbonyl (C=O) groups is 1. The number of thiazole rings is 1. The Kier molecular flexibility index (Phi) is 3.24. The molecule has 0 spiro atoms. The lowest BCUT2D eigenvalue weighted by Crippen LogP contribution is -2.07. The highest BCUT2D eigenvalue weighted by Crippen LogP contribution is 2.28. The molecule has 0 saturated heterocycles. The van der Waals surface area contributed by atoms with E-state index >= 15 is 0 Å². The van der Waals surface area contributed by atoms with Crippen LogP contribution in [0.1, 0.15) is 24.0 Å². The molecule has 3 nitrogen and oxygen atoms in total. The van der Waals surface area contributed by atoms with Crippen molar-refractivity contribution >= 4 is 17.3 Å². The van der Waals surface area contributed by atoms with Crippen molar-refractivity contribution in [2.75, 3.05) is 0 Å². The summed E-state index contributed by atoms with van der Waals surface area (Å²) in [7, 11) is 0. The summed E-state index contributed by atoms with van der Waals surface area (Å²) in [6.07, 6.45) is 1.77. The molecule has 1 aromatic heterocycles. The minimum absolute atomic E-state index is 0.473. The molecule has 1 unspecified atom stereocenters. The number of carboxylic acid groups (broad SMARTS) is 1. The highest BCUT2D eigenvalue weighted by atomic mass is 32.1. The second kappa shape index (κ2) is 4.67. The molecule has 88 valence electrons. The van der Waals surface area contributed by atoms with E-state index in [0.717, 1.165) is 21.7 Å². The third-order valence-corrected chi connectivity index (χ3v) is 3.59. The van der Waals surface area contributed by atoms with Crippen LogP contribution in [0.25, 0.3) is 10.6 Å². The van der Waals surface area contributed by atoms with Gasteiger partial charge >= 0.3 is 5.97 Å². The molecular weight excluding hydrogens is 234 g/mol. The van der Waals surface area contributed by atoms with E-state index in [1.165, 1.54) is 0 Å². The van der Waals surface area contributed by atoms with Crippen LogP contribution < -0.4 is 0 Å². The van der Waals surface area contributed by atoms with Gasteiger partial charge in [0.25, 0.3) is 0 Å². The summed E-state index contributed by atoms with van der Waals surface area (Å²) >= 11 is 1.58. The fraction of sp³-hybridized carbons (Fsp3) is 0.231. The predicted octanol–water partition coefficient (Wildman–Crippen LogP) is 3.31. The zero-order chi connectivity index (χ0) is 12.4. The second-order valence-corrected chi connectivity index (χ2v) is 4.87. The first-order valence-electron chi connectivity index (χ1n) is 5.33. The van der Waals surface area contributed by atoms with E-state index in [2.05, 4.69) is 4.98 Å². The molecule has 1 heterocycles. The van der Waals surface area contributed by atoms with Crippen LogP contribution in [0.15, 0.2) is 29.8 Å². The Labute approximate surface area is 104 Å². The summed E-state index contributed by atoms with van der Waals surface area (Å²) in [6.45, 7) is 3.68. The number of hydrogen-bond donors (Lipinski definition) is 1. The van der Waals surface area contributed by atoms with Gasteiger partial charge in [-0.1, -0.05) is 18.2 Å². The summed E-state index contributed by atoms with van der Waals surface area (Å²) in [5, 5.41) is 11.9. The lowest BCUT2D eigenvalue weighted by molar-refractivity contribution is -0.138. The van der Waals surface area contributed by atoms with E-state index in [9.17, 15) is 4.79 Å². The van der Waals surface area contributed by atoms with Gasteiger partial charge in [-0.05, 0) is 25.0 Å². The van der Waals surface area contributed by atoms with Crippen LogP contribution in [0.5, 0.6) is 0 Å². The second-order valence-electron chi connectivity index (χ2n) is 3.97. The Bertz CT molecular complexity index is 534. The first kappa shape index (κ1) is 11.8. The van der Waals surface area contributed by atoms with Crippen molar-refractivity contribution in [2.24, 2.45) is 0 Å². The van der Waals surface area contributed by atoms with Gasteiger partial charge in [-0.15, -0.1) is 11.3 Å². The van der Waals surface area contributed by atoms with Crippen LogP contribution in [0.3, 0.4) is 0 Å². The van der Waals surface area contributed by atoms with Crippen LogP contribution in [-0.2, 0) is 4.79 Å². The lowest BCUT2D eigenvalue weighted by atomic mass is 9.97. The van der Waals surface area contributed by atoms with Gasteiger partial charge in [-0.25, -0.2) is 4.98 Å². The number of aryl methyl sites for hydroxylation is 1. The molecule has 4 heteroatoms. The smallest absolute Gasteiger partial charge is 0.310 e. The number of benzene rings is 1. The van der Waals surface area contributed by atoms with E-state index < -0.39 is 11.9 Å². The predicted molar refractivity (Wildman–Crippen MR) is 68.3 cm³/mol. The van der Waals surface area contributed by atoms with Gasteiger partial charge in [0.1, 0.15) is 5.01 Å². The Morgan fingerprint density at radius 1 is 1.47 bits per heavy atom. The van der Waals surface area contributed by atoms with Crippen molar-refractivity contribution in [2.45, 2.75) is 19.8 Å². The molecule has 0 radical (unpaired) electrons. The maximum atomic E-state index is 10.9. The Morgan fingerprint density at radius 3 is 2.76 bits per heavy atom. The van der Waals surface area contributed by atoms with Gasteiger partial charge in [0, 0.05) is 17.1 Å². The maximum absolute atomic E-state index is 10.9. The van der Waals surface area contributed by atoms with E-state index in [1.807, 2.05) is 30.5 Å². The Morgan fingerprint density at radius 2 is 2.24 bits per heavy atom. The van der Waals surface area contributed by atoms with Gasteiger partial charge in [-0.2, -0.15) is 0 Å². The van der Waals surface area contributed by atoms with Crippen molar-refractivity contribution < 1.29 is 9.90 Å². The SMILES string of the molecule is Cc1cc(C(C)C(=O)O)ccc1-c1nccs1. The molecule has 0 saturated carbocycles. The number of aromatic nitrogens is 1. The van der Waals surface area contributed by atoms with Crippen molar-refractivity contribution in [3.05, 3.63) is 40.9 Å². The zero-order valence-corrected chi connectivity index (χ0v) is 10.5. The number of hydrogen-bond acceptors (Lipinski definition) is 3. The van der Waals surface area contributed by atoms with Crippen molar-refractivity contribution in [3.8, 4) is 10.6 Å². The number of carboxylic acids is 1. The molecule has 1 aromatic carbocycles. The number of aliphatic carboxylic acids is 1. The van der Waals surface area contributed by atoms with Crippen molar-refractivity contribution in [3.63, 3.8) is 0 Å². The first-order valence-corrected chi connectivity index (χ1v) is 6.21. The Hall–Kier alpha value is -1.68. The zero-order valence-electron chi connectivity index (χ0n) is 9.68. The molecule has 1 atom stereocenters. The lowest BCUT2D eigenvalue weighted by Gasteiger charge is -2.09. The molecule has 0 amide bonds. The summed E-state index contributed by atoms with van der Waals surface area (Å²) in [5.41, 5.74) is 2.96. The number of rotatable bonds is 3. The van der Waals surface area contributed by atoms with Crippen molar-refractivity contribution in [1.29, 1.82) is 0 Å². The van der Waals surface area contributed by atoms with Crippen LogP contribution in [0.2, 0.25) is 0 Å². The van der Waals surface area contributed by atoms with Crippen LogP contribution in [-0.4, -0.2) is 16.1 Å². The highest BCUT2D eigenvalue weighted by molar-refractivity contribution is 7.13. The average molecular weight is 247 g/mol. The van der Waals surface area contributed by atoms with E-state index in [-0.39, 0.29) is 0 Å². The minimum atomic E-state index is -0.800. The van der Waals surface area contributed by atoms with Crippen LogP contribution in [0, 0.1) is 6.92 Å². The monoisotopic (exact) mass is 247 g/mol. The van der Waals surface area contributed by atoms with Crippen LogP contribution in [0.4, 0.5) is 0 Å². The molecule has 2 aromatic rings. The molecule has 0 aliphatic rings. The average Bonchev–Trinajstić information content (AvgIpc) is 2.81. The topological polar surface area (TPSA) is 50.2 Å². The fourth-order valence-electron chi connectivity index (χ4n) is 1.70. The Balaban J connectivity index is 2.39. The third-order valence-electron chi connectivity index (χ3n) is 2.78. The largest absolute Gasteiger partial charge is 0.481 e. The molecule has 0 aliphatic heterocycles. The van der Waals surface area contributed by atoms with Gasteiger partial charge in [0.2, 0.25) is 0 Å². The summed E-state index contributed by atoms with van der Waals surface area (Å²) in [5.74, 6) is -1.27. The molecule has 0 aliphatic carbocycles. The summed E-state index contributed by atoms with van der Waals surface area (Å²) < 4.78 is 0. The van der Waals surface area contributed by atoms with E-state index in [4.69, 9.17) is 5.11 Å². The third kappa shape index (κ3) is 2.36. The minimum Gasteiger partial charge on any atom is -0.481 e. The van der Waals surface area contributed by atoms with Gasteiger partial charge in [0.15, 0.2) is 0 Å².